The summed E-state index contributed by atoms with van der Waals surface area (Å²) in [5, 5.41) is 5.45. The highest BCUT2D eigenvalue weighted by Crippen LogP contribution is 2.16. The second-order valence-corrected chi connectivity index (χ2v) is 6.85. The van der Waals surface area contributed by atoms with Crippen LogP contribution < -0.4 is 5.32 Å². The molecule has 3 heteroatoms. The van der Waals surface area contributed by atoms with Gasteiger partial charge < -0.3 is 5.32 Å². The van der Waals surface area contributed by atoms with Gasteiger partial charge in [-0.15, -0.1) is 0 Å². The van der Waals surface area contributed by atoms with E-state index in [1.807, 2.05) is 30.3 Å². The Morgan fingerprint density at radius 2 is 1.58 bits per heavy atom. The number of carbonyl (C=O) groups excluding carboxylic acids is 1. The molecule has 1 amide bonds. The van der Waals surface area contributed by atoms with E-state index in [1.54, 1.807) is 11.8 Å². The minimum Gasteiger partial charge on any atom is -0.352 e. The molecule has 0 unspecified atom stereocenters. The fraction of sp³-hybridized carbons (Fsp3) is 0.190. The van der Waals surface area contributed by atoms with E-state index in [1.165, 1.54) is 16.3 Å². The summed E-state index contributed by atoms with van der Waals surface area (Å²) in [7, 11) is 0. The van der Waals surface area contributed by atoms with Crippen molar-refractivity contribution in [2.75, 3.05) is 5.75 Å². The highest BCUT2D eigenvalue weighted by molar-refractivity contribution is 7.98. The zero-order valence-corrected chi connectivity index (χ0v) is 14.4. The van der Waals surface area contributed by atoms with Gasteiger partial charge >= 0.3 is 0 Å². The SMILES string of the molecule is O=C(CCSCc1ccccc1)NCc1ccc2ccccc2c1. The summed E-state index contributed by atoms with van der Waals surface area (Å²) >= 11 is 1.80. The van der Waals surface area contributed by atoms with Gasteiger partial charge in [0, 0.05) is 24.5 Å². The normalized spacial score (nSPS) is 10.7. The summed E-state index contributed by atoms with van der Waals surface area (Å²) < 4.78 is 0. The predicted molar refractivity (Wildman–Crippen MR) is 103 cm³/mol. The first-order valence-corrected chi connectivity index (χ1v) is 9.33. The first-order valence-electron chi connectivity index (χ1n) is 8.17. The van der Waals surface area contributed by atoms with Crippen molar-refractivity contribution in [2.45, 2.75) is 18.7 Å². The van der Waals surface area contributed by atoms with Gasteiger partial charge in [-0.1, -0.05) is 66.7 Å². The highest BCUT2D eigenvalue weighted by Gasteiger charge is 2.02. The highest BCUT2D eigenvalue weighted by atomic mass is 32.2. The second kappa shape index (κ2) is 8.55. The molecule has 0 fully saturated rings. The van der Waals surface area contributed by atoms with Gasteiger partial charge in [-0.2, -0.15) is 11.8 Å². The number of amides is 1. The Hall–Kier alpha value is -2.26. The first-order chi connectivity index (χ1) is 11.8. The smallest absolute Gasteiger partial charge is 0.221 e. The van der Waals surface area contributed by atoms with Crippen molar-refractivity contribution in [1.82, 2.24) is 5.32 Å². The van der Waals surface area contributed by atoms with E-state index in [2.05, 4.69) is 47.8 Å². The number of benzene rings is 3. The number of fused-ring (bicyclic) bond motifs is 1. The molecule has 0 aliphatic carbocycles. The van der Waals surface area contributed by atoms with Crippen molar-refractivity contribution in [3.05, 3.63) is 83.9 Å². The maximum absolute atomic E-state index is 12.0. The molecule has 2 nitrogen and oxygen atoms in total. The fourth-order valence-corrected chi connectivity index (χ4v) is 3.47. The number of rotatable bonds is 7. The number of hydrogen-bond acceptors (Lipinski definition) is 2. The Balaban J connectivity index is 1.40. The number of carbonyl (C=O) groups is 1. The third kappa shape index (κ3) is 4.87. The van der Waals surface area contributed by atoms with E-state index in [4.69, 9.17) is 0 Å². The third-order valence-electron chi connectivity index (χ3n) is 3.89. The molecule has 0 saturated carbocycles. The zero-order chi connectivity index (χ0) is 16.6. The van der Waals surface area contributed by atoms with Crippen molar-refractivity contribution >= 4 is 28.4 Å². The lowest BCUT2D eigenvalue weighted by atomic mass is 10.1. The van der Waals surface area contributed by atoms with E-state index < -0.39 is 0 Å². The molecule has 0 atom stereocenters. The van der Waals surface area contributed by atoms with Crippen LogP contribution in [0.15, 0.2) is 72.8 Å². The lowest BCUT2D eigenvalue weighted by Gasteiger charge is -2.07. The van der Waals surface area contributed by atoms with Crippen LogP contribution in [0.2, 0.25) is 0 Å². The minimum absolute atomic E-state index is 0.115. The Kier molecular flexibility index (Phi) is 5.91. The van der Waals surface area contributed by atoms with Crippen LogP contribution in [-0.4, -0.2) is 11.7 Å². The monoisotopic (exact) mass is 335 g/mol. The summed E-state index contributed by atoms with van der Waals surface area (Å²) in [6, 6.07) is 24.9. The molecule has 0 spiro atoms. The Bertz CT molecular complexity index is 801. The molecular formula is C21H21NOS. The van der Waals surface area contributed by atoms with Gasteiger partial charge in [0.05, 0.1) is 0 Å². The molecule has 1 N–H and O–H groups in total. The van der Waals surface area contributed by atoms with Gasteiger partial charge in [0.15, 0.2) is 0 Å². The summed E-state index contributed by atoms with van der Waals surface area (Å²) in [6.45, 7) is 0.590. The van der Waals surface area contributed by atoms with Crippen LogP contribution in [0.5, 0.6) is 0 Å². The molecule has 0 heterocycles. The molecule has 0 aliphatic heterocycles. The molecule has 0 saturated heterocycles. The lowest BCUT2D eigenvalue weighted by Crippen LogP contribution is -2.23. The number of hydrogen-bond donors (Lipinski definition) is 1. The van der Waals surface area contributed by atoms with E-state index in [0.29, 0.717) is 13.0 Å². The molecule has 3 aromatic rings. The van der Waals surface area contributed by atoms with E-state index in [9.17, 15) is 4.79 Å². The minimum atomic E-state index is 0.115. The van der Waals surface area contributed by atoms with Crippen LogP contribution in [0.4, 0.5) is 0 Å². The molecule has 0 aromatic heterocycles. The van der Waals surface area contributed by atoms with Crippen LogP contribution in [0.1, 0.15) is 17.5 Å². The average molecular weight is 335 g/mol. The van der Waals surface area contributed by atoms with Crippen molar-refractivity contribution in [3.8, 4) is 0 Å². The Morgan fingerprint density at radius 3 is 2.42 bits per heavy atom. The summed E-state index contributed by atoms with van der Waals surface area (Å²) in [4.78, 5) is 12.0. The maximum Gasteiger partial charge on any atom is 0.221 e. The van der Waals surface area contributed by atoms with E-state index in [0.717, 1.165) is 17.1 Å². The largest absolute Gasteiger partial charge is 0.352 e. The molecule has 0 bridgehead atoms. The van der Waals surface area contributed by atoms with Crippen LogP contribution in [0, 0.1) is 0 Å². The van der Waals surface area contributed by atoms with Crippen molar-refractivity contribution in [3.63, 3.8) is 0 Å². The standard InChI is InChI=1S/C21H21NOS/c23-21(12-13-24-16-17-6-2-1-3-7-17)22-15-18-10-11-19-8-4-5-9-20(19)14-18/h1-11,14H,12-13,15-16H2,(H,22,23). The van der Waals surface area contributed by atoms with Crippen molar-refractivity contribution < 1.29 is 4.79 Å². The first kappa shape index (κ1) is 16.6. The van der Waals surface area contributed by atoms with Crippen LogP contribution >= 0.6 is 11.8 Å². The Morgan fingerprint density at radius 1 is 0.833 bits per heavy atom. The van der Waals surface area contributed by atoms with E-state index >= 15 is 0 Å². The van der Waals surface area contributed by atoms with Crippen LogP contribution in [-0.2, 0) is 17.1 Å². The zero-order valence-electron chi connectivity index (χ0n) is 13.6. The number of thioether (sulfide) groups is 1. The van der Waals surface area contributed by atoms with E-state index in [-0.39, 0.29) is 5.91 Å². The van der Waals surface area contributed by atoms with Crippen LogP contribution in [0.25, 0.3) is 10.8 Å². The third-order valence-corrected chi connectivity index (χ3v) is 4.92. The number of nitrogens with one attached hydrogen (secondary N) is 1. The van der Waals surface area contributed by atoms with Gasteiger partial charge in [0.25, 0.3) is 0 Å². The molecular weight excluding hydrogens is 314 g/mol. The topological polar surface area (TPSA) is 29.1 Å². The van der Waals surface area contributed by atoms with Gasteiger partial charge in [0.1, 0.15) is 0 Å². The van der Waals surface area contributed by atoms with Crippen LogP contribution in [0.3, 0.4) is 0 Å². The molecule has 3 aromatic carbocycles. The van der Waals surface area contributed by atoms with Gasteiger partial charge in [-0.25, -0.2) is 0 Å². The molecule has 0 aliphatic rings. The van der Waals surface area contributed by atoms with Crippen molar-refractivity contribution in [2.24, 2.45) is 0 Å². The maximum atomic E-state index is 12.0. The second-order valence-electron chi connectivity index (χ2n) is 5.75. The molecule has 24 heavy (non-hydrogen) atoms. The summed E-state index contributed by atoms with van der Waals surface area (Å²) in [5.74, 6) is 1.92. The van der Waals surface area contributed by atoms with Gasteiger partial charge in [-0.05, 0) is 28.0 Å². The Labute approximate surface area is 147 Å². The quantitative estimate of drug-likeness (QED) is 0.630. The van der Waals surface area contributed by atoms with Gasteiger partial charge in [-0.3, -0.25) is 4.79 Å². The summed E-state index contributed by atoms with van der Waals surface area (Å²) in [5.41, 5.74) is 2.44. The lowest BCUT2D eigenvalue weighted by molar-refractivity contribution is -0.120. The predicted octanol–water partition coefficient (Wildman–Crippen LogP) is 4.78. The fourth-order valence-electron chi connectivity index (χ4n) is 2.57. The molecule has 0 radical (unpaired) electrons. The van der Waals surface area contributed by atoms with Gasteiger partial charge in [0.2, 0.25) is 5.91 Å². The summed E-state index contributed by atoms with van der Waals surface area (Å²) in [6.07, 6.45) is 0.561. The molecule has 3 rings (SSSR count). The average Bonchev–Trinajstić information content (AvgIpc) is 2.64. The molecule has 122 valence electrons. The van der Waals surface area contributed by atoms with Crippen molar-refractivity contribution in [1.29, 1.82) is 0 Å².